The van der Waals surface area contributed by atoms with Gasteiger partial charge in [-0.3, -0.25) is 0 Å². The third-order valence-electron chi connectivity index (χ3n) is 2.81. The number of aryl methyl sites for hydroxylation is 1. The van der Waals surface area contributed by atoms with E-state index in [9.17, 15) is 0 Å². The second-order valence-corrected chi connectivity index (χ2v) is 4.10. The van der Waals surface area contributed by atoms with Gasteiger partial charge in [0.2, 0.25) is 0 Å². The van der Waals surface area contributed by atoms with Crippen LogP contribution in [0.2, 0.25) is 0 Å². The summed E-state index contributed by atoms with van der Waals surface area (Å²) in [4.78, 5) is 0. The maximum Gasteiger partial charge on any atom is 0.162 e. The van der Waals surface area contributed by atoms with Crippen molar-refractivity contribution in [1.29, 1.82) is 0 Å². The minimum atomic E-state index is 0.634. The number of furan rings is 1. The van der Waals surface area contributed by atoms with Crippen molar-refractivity contribution in [2.45, 2.75) is 13.3 Å². The van der Waals surface area contributed by atoms with Crippen LogP contribution in [0.4, 0.5) is 5.69 Å². The van der Waals surface area contributed by atoms with Crippen LogP contribution in [0, 0.1) is 6.92 Å². The molecular weight excluding hydrogens is 230 g/mol. The number of hydrogen-bond acceptors (Lipinski definition) is 4. The first-order valence-electron chi connectivity index (χ1n) is 5.69. The molecule has 18 heavy (non-hydrogen) atoms. The van der Waals surface area contributed by atoms with Gasteiger partial charge in [0, 0.05) is 18.2 Å². The number of anilines is 1. The lowest BCUT2D eigenvalue weighted by atomic mass is 10.1. The summed E-state index contributed by atoms with van der Waals surface area (Å²) in [7, 11) is 3.20. The smallest absolute Gasteiger partial charge is 0.162 e. The molecule has 0 spiro atoms. The minimum absolute atomic E-state index is 0.634. The van der Waals surface area contributed by atoms with E-state index >= 15 is 0 Å². The van der Waals surface area contributed by atoms with Crippen LogP contribution in [0.25, 0.3) is 0 Å². The van der Waals surface area contributed by atoms with E-state index in [2.05, 4.69) is 0 Å². The van der Waals surface area contributed by atoms with Crippen LogP contribution in [-0.2, 0) is 6.42 Å². The first kappa shape index (κ1) is 12.4. The molecule has 1 aromatic heterocycles. The quantitative estimate of drug-likeness (QED) is 0.844. The van der Waals surface area contributed by atoms with Gasteiger partial charge in [0.1, 0.15) is 11.5 Å². The van der Waals surface area contributed by atoms with Crippen molar-refractivity contribution < 1.29 is 13.9 Å². The van der Waals surface area contributed by atoms with Gasteiger partial charge in [-0.15, -0.1) is 0 Å². The summed E-state index contributed by atoms with van der Waals surface area (Å²) in [5, 5.41) is 0. The van der Waals surface area contributed by atoms with E-state index in [-0.39, 0.29) is 0 Å². The van der Waals surface area contributed by atoms with Crippen LogP contribution in [-0.4, -0.2) is 14.2 Å². The van der Waals surface area contributed by atoms with Crippen molar-refractivity contribution in [1.82, 2.24) is 0 Å². The summed E-state index contributed by atoms with van der Waals surface area (Å²) in [6.45, 7) is 1.92. The third-order valence-corrected chi connectivity index (χ3v) is 2.81. The van der Waals surface area contributed by atoms with Crippen LogP contribution < -0.4 is 15.2 Å². The second kappa shape index (κ2) is 5.04. The predicted molar refractivity (Wildman–Crippen MR) is 70.2 cm³/mol. The lowest BCUT2D eigenvalue weighted by Crippen LogP contribution is -1.99. The highest BCUT2D eigenvalue weighted by atomic mass is 16.5. The summed E-state index contributed by atoms with van der Waals surface area (Å²) in [6.07, 6.45) is 0.639. The number of hydrogen-bond donors (Lipinski definition) is 1. The lowest BCUT2D eigenvalue weighted by Gasteiger charge is -2.11. The van der Waals surface area contributed by atoms with Crippen LogP contribution in [0.5, 0.6) is 11.5 Å². The van der Waals surface area contributed by atoms with Gasteiger partial charge in [-0.1, -0.05) is 0 Å². The Morgan fingerprint density at radius 2 is 1.78 bits per heavy atom. The van der Waals surface area contributed by atoms with Crippen molar-refractivity contribution in [3.05, 3.63) is 41.3 Å². The van der Waals surface area contributed by atoms with Gasteiger partial charge in [0.25, 0.3) is 0 Å². The molecule has 0 saturated heterocycles. The Bertz CT molecular complexity index is 546. The van der Waals surface area contributed by atoms with E-state index in [0.29, 0.717) is 23.6 Å². The molecule has 96 valence electrons. The maximum atomic E-state index is 6.00. The van der Waals surface area contributed by atoms with E-state index in [1.165, 1.54) is 0 Å². The van der Waals surface area contributed by atoms with Crippen molar-refractivity contribution in [3.63, 3.8) is 0 Å². The molecule has 0 unspecified atom stereocenters. The SMILES string of the molecule is COc1cc(N)c(Cc2ccc(C)o2)cc1OC. The second-order valence-electron chi connectivity index (χ2n) is 4.10. The Hall–Kier alpha value is -2.10. The van der Waals surface area contributed by atoms with Crippen molar-refractivity contribution in [3.8, 4) is 11.5 Å². The molecule has 0 saturated carbocycles. The average molecular weight is 247 g/mol. The Kier molecular flexibility index (Phi) is 3.46. The van der Waals surface area contributed by atoms with Crippen LogP contribution in [0.1, 0.15) is 17.1 Å². The molecule has 2 rings (SSSR count). The predicted octanol–water partition coefficient (Wildman–Crippen LogP) is 2.78. The Morgan fingerprint density at radius 1 is 1.11 bits per heavy atom. The van der Waals surface area contributed by atoms with E-state index in [1.54, 1.807) is 20.3 Å². The van der Waals surface area contributed by atoms with E-state index in [0.717, 1.165) is 17.1 Å². The highest BCUT2D eigenvalue weighted by Crippen LogP contribution is 2.33. The fourth-order valence-corrected chi connectivity index (χ4v) is 1.86. The molecule has 0 amide bonds. The summed E-state index contributed by atoms with van der Waals surface area (Å²) < 4.78 is 16.0. The van der Waals surface area contributed by atoms with E-state index in [4.69, 9.17) is 19.6 Å². The highest BCUT2D eigenvalue weighted by molar-refractivity contribution is 5.58. The molecule has 2 N–H and O–H groups in total. The Labute approximate surface area is 106 Å². The molecule has 0 aliphatic heterocycles. The number of nitrogen functional groups attached to an aromatic ring is 1. The van der Waals surface area contributed by atoms with Gasteiger partial charge >= 0.3 is 0 Å². The zero-order chi connectivity index (χ0) is 13.1. The van der Waals surface area contributed by atoms with Gasteiger partial charge in [0.05, 0.1) is 14.2 Å². The molecule has 0 atom stereocenters. The zero-order valence-corrected chi connectivity index (χ0v) is 10.8. The van der Waals surface area contributed by atoms with Gasteiger partial charge in [-0.25, -0.2) is 0 Å². The lowest BCUT2D eigenvalue weighted by molar-refractivity contribution is 0.354. The molecular formula is C14H17NO3. The Morgan fingerprint density at radius 3 is 2.33 bits per heavy atom. The number of nitrogens with two attached hydrogens (primary N) is 1. The summed E-state index contributed by atoms with van der Waals surface area (Å²) in [5.74, 6) is 3.08. The zero-order valence-electron chi connectivity index (χ0n) is 10.8. The number of benzene rings is 1. The van der Waals surface area contributed by atoms with E-state index in [1.807, 2.05) is 25.1 Å². The van der Waals surface area contributed by atoms with Gasteiger partial charge < -0.3 is 19.6 Å². The first-order chi connectivity index (χ1) is 8.63. The molecule has 4 nitrogen and oxygen atoms in total. The molecule has 0 radical (unpaired) electrons. The molecule has 4 heteroatoms. The first-order valence-corrected chi connectivity index (χ1v) is 5.69. The standard InChI is InChI=1S/C14H17NO3/c1-9-4-5-11(18-9)6-10-7-13(16-2)14(17-3)8-12(10)15/h4-5,7-8H,6,15H2,1-3H3. The fourth-order valence-electron chi connectivity index (χ4n) is 1.86. The fraction of sp³-hybridized carbons (Fsp3) is 0.286. The summed E-state index contributed by atoms with van der Waals surface area (Å²) in [5.41, 5.74) is 7.63. The normalized spacial score (nSPS) is 10.4. The third kappa shape index (κ3) is 2.42. The van der Waals surface area contributed by atoms with Crippen LogP contribution >= 0.6 is 0 Å². The van der Waals surface area contributed by atoms with Crippen molar-refractivity contribution in [2.75, 3.05) is 20.0 Å². The number of ether oxygens (including phenoxy) is 2. The molecule has 0 fully saturated rings. The topological polar surface area (TPSA) is 57.6 Å². The van der Waals surface area contributed by atoms with E-state index < -0.39 is 0 Å². The highest BCUT2D eigenvalue weighted by Gasteiger charge is 2.11. The van der Waals surface area contributed by atoms with Gasteiger partial charge in [-0.05, 0) is 30.7 Å². The molecule has 0 aliphatic rings. The Balaban J connectivity index is 2.33. The van der Waals surface area contributed by atoms with Crippen LogP contribution in [0.3, 0.4) is 0 Å². The molecule has 2 aromatic rings. The number of rotatable bonds is 4. The minimum Gasteiger partial charge on any atom is -0.493 e. The largest absolute Gasteiger partial charge is 0.493 e. The van der Waals surface area contributed by atoms with Gasteiger partial charge in [-0.2, -0.15) is 0 Å². The van der Waals surface area contributed by atoms with Gasteiger partial charge in [0.15, 0.2) is 11.5 Å². The average Bonchev–Trinajstić information content (AvgIpc) is 2.77. The monoisotopic (exact) mass is 247 g/mol. The van der Waals surface area contributed by atoms with Crippen molar-refractivity contribution >= 4 is 5.69 Å². The molecule has 1 aromatic carbocycles. The molecule has 0 bridgehead atoms. The molecule has 1 heterocycles. The summed E-state index contributed by atoms with van der Waals surface area (Å²) >= 11 is 0. The maximum absolute atomic E-state index is 6.00. The molecule has 0 aliphatic carbocycles. The van der Waals surface area contributed by atoms with Crippen LogP contribution in [0.15, 0.2) is 28.7 Å². The summed E-state index contributed by atoms with van der Waals surface area (Å²) in [6, 6.07) is 7.54. The van der Waals surface area contributed by atoms with Crippen molar-refractivity contribution in [2.24, 2.45) is 0 Å². The number of methoxy groups -OCH3 is 2.